The summed E-state index contributed by atoms with van der Waals surface area (Å²) >= 11 is 0. The lowest BCUT2D eigenvalue weighted by Crippen LogP contribution is -2.47. The minimum Gasteiger partial charge on any atom is -0.424 e. The summed E-state index contributed by atoms with van der Waals surface area (Å²) in [5.74, 6) is 2.12. The molecule has 0 N–H and O–H groups in total. The van der Waals surface area contributed by atoms with E-state index in [0.29, 0.717) is 12.0 Å². The summed E-state index contributed by atoms with van der Waals surface area (Å²) in [7, 11) is 0. The Labute approximate surface area is 117 Å². The van der Waals surface area contributed by atoms with Crippen molar-refractivity contribution >= 4 is 0 Å². The van der Waals surface area contributed by atoms with Crippen molar-refractivity contribution in [3.05, 3.63) is 29.2 Å². The SMILES string of the molecule is Cc1cc(C)n(C2CN(Cc3nnc(C4CC4)o3)C2)n1. The van der Waals surface area contributed by atoms with Crippen molar-refractivity contribution in [1.29, 1.82) is 0 Å². The summed E-state index contributed by atoms with van der Waals surface area (Å²) in [4.78, 5) is 2.32. The van der Waals surface area contributed by atoms with Gasteiger partial charge in [-0.15, -0.1) is 10.2 Å². The average Bonchev–Trinajstić information content (AvgIpc) is 3.02. The molecular weight excluding hydrogens is 254 g/mol. The lowest BCUT2D eigenvalue weighted by molar-refractivity contribution is 0.0796. The van der Waals surface area contributed by atoms with E-state index in [9.17, 15) is 0 Å². The Morgan fingerprint density at radius 2 is 2.05 bits per heavy atom. The van der Waals surface area contributed by atoms with Gasteiger partial charge in [0.2, 0.25) is 11.8 Å². The van der Waals surface area contributed by atoms with Gasteiger partial charge < -0.3 is 4.42 Å². The van der Waals surface area contributed by atoms with Gasteiger partial charge in [-0.1, -0.05) is 0 Å². The zero-order chi connectivity index (χ0) is 13.7. The highest BCUT2D eigenvalue weighted by atomic mass is 16.4. The van der Waals surface area contributed by atoms with Crippen LogP contribution in [0.1, 0.15) is 48.0 Å². The first kappa shape index (κ1) is 12.1. The highest BCUT2D eigenvalue weighted by Crippen LogP contribution is 2.39. The Kier molecular flexibility index (Phi) is 2.66. The van der Waals surface area contributed by atoms with Crippen molar-refractivity contribution in [1.82, 2.24) is 24.9 Å². The van der Waals surface area contributed by atoms with Gasteiger partial charge in [-0.3, -0.25) is 9.58 Å². The van der Waals surface area contributed by atoms with E-state index in [0.717, 1.165) is 37.1 Å². The van der Waals surface area contributed by atoms with Gasteiger partial charge in [-0.25, -0.2) is 0 Å². The third kappa shape index (κ3) is 2.14. The third-order valence-electron chi connectivity index (χ3n) is 4.10. The molecule has 2 aromatic heterocycles. The minimum atomic E-state index is 0.481. The molecule has 1 aliphatic carbocycles. The van der Waals surface area contributed by atoms with Crippen molar-refractivity contribution in [2.24, 2.45) is 0 Å². The van der Waals surface area contributed by atoms with Crippen LogP contribution in [0.15, 0.2) is 10.5 Å². The van der Waals surface area contributed by atoms with Crippen LogP contribution in [-0.4, -0.2) is 38.0 Å². The Hall–Kier alpha value is -1.69. The van der Waals surface area contributed by atoms with Crippen LogP contribution in [0.4, 0.5) is 0 Å². The van der Waals surface area contributed by atoms with Gasteiger partial charge in [0, 0.05) is 24.7 Å². The molecule has 1 saturated heterocycles. The van der Waals surface area contributed by atoms with Gasteiger partial charge in [-0.2, -0.15) is 5.10 Å². The molecule has 0 radical (unpaired) electrons. The highest BCUT2D eigenvalue weighted by Gasteiger charge is 2.32. The molecule has 0 unspecified atom stereocenters. The van der Waals surface area contributed by atoms with Crippen LogP contribution >= 0.6 is 0 Å². The molecule has 1 saturated carbocycles. The molecule has 6 heteroatoms. The van der Waals surface area contributed by atoms with Gasteiger partial charge in [0.1, 0.15) is 0 Å². The summed E-state index contributed by atoms with van der Waals surface area (Å²) in [5.41, 5.74) is 2.33. The first-order valence-corrected chi connectivity index (χ1v) is 7.26. The van der Waals surface area contributed by atoms with Crippen molar-refractivity contribution in [2.45, 2.75) is 45.2 Å². The molecule has 2 aromatic rings. The van der Waals surface area contributed by atoms with Crippen molar-refractivity contribution in [3.63, 3.8) is 0 Å². The van der Waals surface area contributed by atoms with Gasteiger partial charge >= 0.3 is 0 Å². The van der Waals surface area contributed by atoms with E-state index in [-0.39, 0.29) is 0 Å². The number of hydrogen-bond acceptors (Lipinski definition) is 5. The Morgan fingerprint density at radius 3 is 2.70 bits per heavy atom. The zero-order valence-electron chi connectivity index (χ0n) is 11.9. The zero-order valence-corrected chi connectivity index (χ0v) is 11.9. The Balaban J connectivity index is 1.35. The van der Waals surface area contributed by atoms with Crippen LogP contribution in [0.3, 0.4) is 0 Å². The third-order valence-corrected chi connectivity index (χ3v) is 4.10. The molecule has 0 spiro atoms. The fraction of sp³-hybridized carbons (Fsp3) is 0.643. The number of aryl methyl sites for hydroxylation is 2. The van der Waals surface area contributed by atoms with Gasteiger partial charge in [-0.05, 0) is 32.8 Å². The number of likely N-dealkylation sites (tertiary alicyclic amines) is 1. The van der Waals surface area contributed by atoms with E-state index in [1.54, 1.807) is 0 Å². The predicted molar refractivity (Wildman–Crippen MR) is 72.3 cm³/mol. The molecule has 6 nitrogen and oxygen atoms in total. The van der Waals surface area contributed by atoms with E-state index in [2.05, 4.69) is 37.9 Å². The van der Waals surface area contributed by atoms with Crippen LogP contribution in [0.2, 0.25) is 0 Å². The molecule has 0 aromatic carbocycles. The van der Waals surface area contributed by atoms with Gasteiger partial charge in [0.25, 0.3) is 0 Å². The largest absolute Gasteiger partial charge is 0.424 e. The molecule has 2 aliphatic rings. The second kappa shape index (κ2) is 4.41. The molecule has 1 aliphatic heterocycles. The molecule has 2 fully saturated rings. The lowest BCUT2D eigenvalue weighted by atomic mass is 10.1. The molecule has 106 valence electrons. The first-order chi connectivity index (χ1) is 9.69. The van der Waals surface area contributed by atoms with E-state index in [1.165, 1.54) is 18.5 Å². The normalized spacial score (nSPS) is 20.3. The maximum atomic E-state index is 5.70. The number of hydrogen-bond donors (Lipinski definition) is 0. The maximum Gasteiger partial charge on any atom is 0.230 e. The topological polar surface area (TPSA) is 60.0 Å². The second-order valence-electron chi connectivity index (χ2n) is 6.03. The number of nitrogens with zero attached hydrogens (tertiary/aromatic N) is 5. The number of aromatic nitrogens is 4. The van der Waals surface area contributed by atoms with E-state index in [1.807, 2.05) is 6.92 Å². The predicted octanol–water partition coefficient (Wildman–Crippen LogP) is 1.82. The molecule has 20 heavy (non-hydrogen) atoms. The standard InChI is InChI=1S/C14H19N5O/c1-9-5-10(2)19(17-9)12-6-18(7-12)8-13-15-16-14(20-13)11-3-4-11/h5,11-12H,3-4,6-8H2,1-2H3. The van der Waals surface area contributed by atoms with Crippen molar-refractivity contribution < 1.29 is 4.42 Å². The second-order valence-corrected chi connectivity index (χ2v) is 6.03. The fourth-order valence-corrected chi connectivity index (χ4v) is 2.86. The first-order valence-electron chi connectivity index (χ1n) is 7.26. The van der Waals surface area contributed by atoms with Crippen LogP contribution in [-0.2, 0) is 6.54 Å². The van der Waals surface area contributed by atoms with Crippen LogP contribution in [0, 0.1) is 13.8 Å². The van der Waals surface area contributed by atoms with Crippen LogP contribution < -0.4 is 0 Å². The molecule has 3 heterocycles. The molecule has 0 bridgehead atoms. The minimum absolute atomic E-state index is 0.481. The number of rotatable bonds is 4. The van der Waals surface area contributed by atoms with E-state index < -0.39 is 0 Å². The quantitative estimate of drug-likeness (QED) is 0.850. The Morgan fingerprint density at radius 1 is 1.25 bits per heavy atom. The molecule has 0 amide bonds. The molecular formula is C14H19N5O. The summed E-state index contributed by atoms with van der Waals surface area (Å²) in [5, 5.41) is 12.8. The molecule has 0 atom stereocenters. The monoisotopic (exact) mass is 273 g/mol. The van der Waals surface area contributed by atoms with E-state index >= 15 is 0 Å². The average molecular weight is 273 g/mol. The fourth-order valence-electron chi connectivity index (χ4n) is 2.86. The van der Waals surface area contributed by atoms with Crippen molar-refractivity contribution in [3.8, 4) is 0 Å². The Bertz CT molecular complexity index is 621. The van der Waals surface area contributed by atoms with Crippen LogP contribution in [0.5, 0.6) is 0 Å². The smallest absolute Gasteiger partial charge is 0.230 e. The van der Waals surface area contributed by atoms with Crippen molar-refractivity contribution in [2.75, 3.05) is 13.1 Å². The summed E-state index contributed by atoms with van der Waals surface area (Å²) in [6.07, 6.45) is 2.40. The summed E-state index contributed by atoms with van der Waals surface area (Å²) in [6, 6.07) is 2.61. The highest BCUT2D eigenvalue weighted by molar-refractivity contribution is 5.09. The summed E-state index contributed by atoms with van der Waals surface area (Å²) < 4.78 is 7.83. The lowest BCUT2D eigenvalue weighted by Gasteiger charge is -2.38. The van der Waals surface area contributed by atoms with Gasteiger partial charge in [0.15, 0.2) is 0 Å². The van der Waals surface area contributed by atoms with E-state index in [4.69, 9.17) is 4.42 Å². The molecule has 4 rings (SSSR count). The van der Waals surface area contributed by atoms with Gasteiger partial charge in [0.05, 0.1) is 18.3 Å². The summed E-state index contributed by atoms with van der Waals surface area (Å²) in [6.45, 7) is 6.92. The maximum absolute atomic E-state index is 5.70. The van der Waals surface area contributed by atoms with Crippen LogP contribution in [0.25, 0.3) is 0 Å².